The first-order valence-electron chi connectivity index (χ1n) is 4.65. The molecule has 0 aromatic rings. The van der Waals surface area contributed by atoms with E-state index in [0.29, 0.717) is 0 Å². The maximum absolute atomic E-state index is 9.70. The SMILES string of the molecule is CC1(C)CC(O)CC(C)(C)N1OP. The summed E-state index contributed by atoms with van der Waals surface area (Å²) in [5, 5.41) is 11.7. The molecule has 13 heavy (non-hydrogen) atoms. The highest BCUT2D eigenvalue weighted by Gasteiger charge is 2.45. The van der Waals surface area contributed by atoms with Crippen molar-refractivity contribution in [3.63, 3.8) is 0 Å². The van der Waals surface area contributed by atoms with Gasteiger partial charge in [-0.2, -0.15) is 5.06 Å². The highest BCUT2D eigenvalue weighted by Crippen LogP contribution is 2.39. The second-order valence-electron chi connectivity index (χ2n) is 5.09. The monoisotopic (exact) mass is 205 g/mol. The van der Waals surface area contributed by atoms with Gasteiger partial charge in [0.15, 0.2) is 0 Å². The summed E-state index contributed by atoms with van der Waals surface area (Å²) < 4.78 is 5.31. The van der Waals surface area contributed by atoms with Gasteiger partial charge in [-0.15, -0.1) is 0 Å². The number of hydrogen-bond acceptors (Lipinski definition) is 3. The Hall–Kier alpha value is 0.310. The fourth-order valence-corrected chi connectivity index (χ4v) is 3.07. The van der Waals surface area contributed by atoms with Crippen molar-refractivity contribution in [3.8, 4) is 0 Å². The van der Waals surface area contributed by atoms with Gasteiger partial charge in [-0.25, -0.2) is 0 Å². The first-order chi connectivity index (χ1) is 5.79. The van der Waals surface area contributed by atoms with Crippen LogP contribution in [-0.2, 0) is 4.62 Å². The molecule has 1 aliphatic rings. The van der Waals surface area contributed by atoms with Crippen LogP contribution >= 0.6 is 9.47 Å². The van der Waals surface area contributed by atoms with Crippen molar-refractivity contribution in [2.24, 2.45) is 0 Å². The number of nitrogens with zero attached hydrogens (tertiary/aromatic N) is 1. The van der Waals surface area contributed by atoms with Crippen molar-refractivity contribution < 1.29 is 9.73 Å². The minimum absolute atomic E-state index is 0.108. The van der Waals surface area contributed by atoms with E-state index >= 15 is 0 Å². The van der Waals surface area contributed by atoms with E-state index in [1.54, 1.807) is 0 Å². The average molecular weight is 205 g/mol. The third-order valence-corrected chi connectivity index (χ3v) is 2.89. The molecule has 0 aromatic carbocycles. The smallest absolute Gasteiger partial charge is 0.0576 e. The Labute approximate surface area is 82.7 Å². The predicted molar refractivity (Wildman–Crippen MR) is 56.0 cm³/mol. The Morgan fingerprint density at radius 1 is 1.23 bits per heavy atom. The van der Waals surface area contributed by atoms with E-state index in [9.17, 15) is 5.11 Å². The van der Waals surface area contributed by atoms with Gasteiger partial charge in [0, 0.05) is 20.5 Å². The predicted octanol–water partition coefficient (Wildman–Crippen LogP) is 1.72. The molecule has 0 bridgehead atoms. The van der Waals surface area contributed by atoms with Crippen LogP contribution in [0.5, 0.6) is 0 Å². The summed E-state index contributed by atoms with van der Waals surface area (Å²) in [6.45, 7) is 8.34. The van der Waals surface area contributed by atoms with Gasteiger partial charge < -0.3 is 5.11 Å². The molecule has 1 aliphatic heterocycles. The van der Waals surface area contributed by atoms with E-state index in [-0.39, 0.29) is 17.2 Å². The van der Waals surface area contributed by atoms with Crippen LogP contribution in [0.3, 0.4) is 0 Å². The van der Waals surface area contributed by atoms with Gasteiger partial charge in [0.2, 0.25) is 0 Å². The summed E-state index contributed by atoms with van der Waals surface area (Å²) in [6.07, 6.45) is 1.29. The molecular formula is C9H20NO2P. The number of hydrogen-bond donors (Lipinski definition) is 1. The summed E-state index contributed by atoms with van der Waals surface area (Å²) >= 11 is 0. The summed E-state index contributed by atoms with van der Waals surface area (Å²) in [7, 11) is 2.29. The zero-order valence-corrected chi connectivity index (χ0v) is 10.0. The van der Waals surface area contributed by atoms with E-state index in [4.69, 9.17) is 4.62 Å². The van der Waals surface area contributed by atoms with Crippen LogP contribution in [0.15, 0.2) is 0 Å². The maximum Gasteiger partial charge on any atom is 0.0576 e. The Morgan fingerprint density at radius 3 is 1.92 bits per heavy atom. The van der Waals surface area contributed by atoms with Crippen molar-refractivity contribution >= 4 is 9.47 Å². The lowest BCUT2D eigenvalue weighted by Crippen LogP contribution is -2.60. The molecule has 4 heteroatoms. The van der Waals surface area contributed by atoms with E-state index < -0.39 is 0 Å². The number of aliphatic hydroxyl groups excluding tert-OH is 1. The summed E-state index contributed by atoms with van der Waals surface area (Å²) in [6, 6.07) is 0. The van der Waals surface area contributed by atoms with Gasteiger partial charge in [-0.3, -0.25) is 4.62 Å². The van der Waals surface area contributed by atoms with Crippen LogP contribution in [0.2, 0.25) is 0 Å². The number of piperidine rings is 1. The quantitative estimate of drug-likeness (QED) is 0.662. The second kappa shape index (κ2) is 3.47. The van der Waals surface area contributed by atoms with Crippen LogP contribution in [-0.4, -0.2) is 27.4 Å². The molecular weight excluding hydrogens is 185 g/mol. The molecule has 1 atom stereocenters. The highest BCUT2D eigenvalue weighted by molar-refractivity contribution is 7.09. The molecule has 0 amide bonds. The van der Waals surface area contributed by atoms with Crippen molar-refractivity contribution in [2.45, 2.75) is 57.7 Å². The van der Waals surface area contributed by atoms with Gasteiger partial charge in [-0.05, 0) is 40.5 Å². The molecule has 0 aromatic heterocycles. The summed E-state index contributed by atoms with van der Waals surface area (Å²) in [5.74, 6) is 0. The van der Waals surface area contributed by atoms with Crippen LogP contribution in [0.4, 0.5) is 0 Å². The zero-order valence-electron chi connectivity index (χ0n) is 8.87. The normalized spacial score (nSPS) is 29.1. The van der Waals surface area contributed by atoms with E-state index in [0.717, 1.165) is 12.8 Å². The molecule has 1 saturated heterocycles. The minimum Gasteiger partial charge on any atom is -0.393 e. The lowest BCUT2D eigenvalue weighted by molar-refractivity contribution is -0.226. The molecule has 0 aliphatic carbocycles. The van der Waals surface area contributed by atoms with Crippen LogP contribution in [0.25, 0.3) is 0 Å². The molecule has 1 N–H and O–H groups in total. The number of rotatable bonds is 1. The Kier molecular flexibility index (Phi) is 3.04. The molecule has 1 unspecified atom stereocenters. The van der Waals surface area contributed by atoms with Crippen LogP contribution in [0, 0.1) is 0 Å². The lowest BCUT2D eigenvalue weighted by atomic mass is 9.80. The van der Waals surface area contributed by atoms with Crippen LogP contribution < -0.4 is 0 Å². The molecule has 1 fully saturated rings. The fourth-order valence-electron chi connectivity index (χ4n) is 2.50. The molecule has 0 spiro atoms. The van der Waals surface area contributed by atoms with E-state index in [1.165, 1.54) is 0 Å². The summed E-state index contributed by atoms with van der Waals surface area (Å²) in [5.41, 5.74) is -0.216. The molecule has 3 nitrogen and oxygen atoms in total. The Morgan fingerprint density at radius 2 is 1.62 bits per heavy atom. The Balaban J connectivity index is 2.88. The van der Waals surface area contributed by atoms with Gasteiger partial charge >= 0.3 is 0 Å². The van der Waals surface area contributed by atoms with E-state index in [2.05, 4.69) is 37.2 Å². The first kappa shape index (κ1) is 11.4. The maximum atomic E-state index is 9.70. The van der Waals surface area contributed by atoms with Gasteiger partial charge in [0.05, 0.1) is 6.10 Å². The first-order valence-corrected chi connectivity index (χ1v) is 5.12. The molecule has 0 radical (unpaired) electrons. The third-order valence-electron chi connectivity index (χ3n) is 2.68. The zero-order chi connectivity index (χ0) is 10.3. The molecule has 78 valence electrons. The van der Waals surface area contributed by atoms with Crippen LogP contribution in [0.1, 0.15) is 40.5 Å². The van der Waals surface area contributed by atoms with Crippen molar-refractivity contribution in [1.29, 1.82) is 0 Å². The topological polar surface area (TPSA) is 32.7 Å². The highest BCUT2D eigenvalue weighted by atomic mass is 31.0. The molecule has 1 rings (SSSR count). The van der Waals surface area contributed by atoms with Crippen molar-refractivity contribution in [3.05, 3.63) is 0 Å². The average Bonchev–Trinajstić information content (AvgIpc) is 1.79. The molecule has 1 heterocycles. The fraction of sp³-hybridized carbons (Fsp3) is 1.00. The lowest BCUT2D eigenvalue weighted by Gasteiger charge is -2.52. The number of hydroxylamine groups is 2. The summed E-state index contributed by atoms with van der Waals surface area (Å²) in [4.78, 5) is 0. The second-order valence-corrected chi connectivity index (χ2v) is 5.30. The minimum atomic E-state index is -0.221. The van der Waals surface area contributed by atoms with Gasteiger partial charge in [0.25, 0.3) is 0 Å². The van der Waals surface area contributed by atoms with Gasteiger partial charge in [-0.1, -0.05) is 0 Å². The Bertz CT molecular complexity index is 176. The largest absolute Gasteiger partial charge is 0.393 e. The molecule has 0 saturated carbocycles. The standard InChI is InChI=1S/C9H20NO2P/c1-8(2)5-7(11)6-9(3,4)10(8)12-13/h7,11H,5-6,13H2,1-4H3. The van der Waals surface area contributed by atoms with E-state index in [1.807, 2.05) is 5.06 Å². The van der Waals surface area contributed by atoms with Gasteiger partial charge in [0.1, 0.15) is 0 Å². The number of aliphatic hydroxyl groups is 1. The van der Waals surface area contributed by atoms with Crippen molar-refractivity contribution in [1.82, 2.24) is 5.06 Å². The van der Waals surface area contributed by atoms with Crippen molar-refractivity contribution in [2.75, 3.05) is 0 Å². The third kappa shape index (κ3) is 2.21.